The highest BCUT2D eigenvalue weighted by atomic mass is 31.2. The third kappa shape index (κ3) is 72.2. The van der Waals surface area contributed by atoms with Gasteiger partial charge in [-0.05, 0) is 89.5 Å². The van der Waals surface area contributed by atoms with Crippen LogP contribution in [0.2, 0.25) is 0 Å². The Hall–Kier alpha value is -2.03. The van der Waals surface area contributed by atoms with Crippen molar-refractivity contribution in [3.05, 3.63) is 48.6 Å². The number of hydrogen-bond donors (Lipinski definition) is 1. The summed E-state index contributed by atoms with van der Waals surface area (Å²) in [5.74, 6) is -0.517. The topological polar surface area (TPSA) is 114 Å². The van der Waals surface area contributed by atoms with Gasteiger partial charge in [-0.15, -0.1) is 0 Å². The van der Waals surface area contributed by atoms with Crippen LogP contribution in [0.3, 0.4) is 0 Å². The molecule has 0 aromatic heterocycles. The number of unbranched alkanes of at least 4 members (excludes halogenated alkanes) is 53. The fourth-order valence-electron chi connectivity index (χ4n) is 12.3. The summed E-state index contributed by atoms with van der Waals surface area (Å²) in [4.78, 5) is 40.3. The van der Waals surface area contributed by atoms with E-state index >= 15 is 0 Å². The van der Waals surface area contributed by atoms with Crippen LogP contribution in [0.25, 0.3) is 0 Å². The second kappa shape index (κ2) is 71.7. The van der Waals surface area contributed by atoms with Crippen molar-refractivity contribution < 1.29 is 37.3 Å². The van der Waals surface area contributed by atoms with Crippen molar-refractivity contribution in [3.63, 3.8) is 0 Å². The van der Waals surface area contributed by atoms with Gasteiger partial charge in [-0.3, -0.25) is 14.2 Å². The summed E-state index contributed by atoms with van der Waals surface area (Å²) in [5.41, 5.74) is 0. The fraction of sp³-hybridized carbons (Fsp3) is 0.878. The quantitative estimate of drug-likeness (QED) is 0.0212. The Morgan fingerprint density at radius 2 is 0.663 bits per heavy atom. The smallest absolute Gasteiger partial charge is 0.306 e. The van der Waals surface area contributed by atoms with Gasteiger partial charge in [0.05, 0.1) is 33.8 Å². The predicted molar refractivity (Wildman–Crippen MR) is 399 cm³/mol. The monoisotopic (exact) mass is 1310 g/mol. The summed E-state index contributed by atoms with van der Waals surface area (Å²) in [6.45, 7) is 6.89. The normalized spacial score (nSPS) is 13.6. The Morgan fingerprint density at radius 1 is 0.380 bits per heavy atom. The number of quaternary nitrogens is 1. The molecule has 0 saturated heterocycles. The molecule has 1 N–H and O–H groups in total. The summed E-state index contributed by atoms with van der Waals surface area (Å²) >= 11 is 0. The molecule has 3 atom stereocenters. The maximum Gasteiger partial charge on any atom is 0.306 e. The van der Waals surface area contributed by atoms with E-state index in [4.69, 9.17) is 13.8 Å². The predicted octanol–water partition coefficient (Wildman–Crippen LogP) is 25.7. The van der Waals surface area contributed by atoms with Crippen molar-refractivity contribution in [2.75, 3.05) is 40.9 Å². The Kier molecular flexibility index (Phi) is 70.2. The Morgan fingerprint density at radius 3 is 1.01 bits per heavy atom. The number of rotatable bonds is 75. The summed E-state index contributed by atoms with van der Waals surface area (Å²) in [7, 11) is 1.21. The zero-order valence-corrected chi connectivity index (χ0v) is 63.2. The van der Waals surface area contributed by atoms with E-state index in [1.807, 2.05) is 33.3 Å². The van der Waals surface area contributed by atoms with Gasteiger partial charge in [0.25, 0.3) is 7.82 Å². The highest BCUT2D eigenvalue weighted by Gasteiger charge is 2.27. The highest BCUT2D eigenvalue weighted by molar-refractivity contribution is 7.45. The molecule has 0 bridgehead atoms. The Labute approximate surface area is 573 Å². The largest absolute Gasteiger partial charge is 0.756 e. The minimum absolute atomic E-state index is 0.0194. The molecule has 0 spiro atoms. The zero-order valence-electron chi connectivity index (χ0n) is 62.3. The molecular weight excluding hydrogens is 1160 g/mol. The second-order valence-corrected chi connectivity index (χ2v) is 30.3. The van der Waals surface area contributed by atoms with E-state index in [9.17, 15) is 19.0 Å². The molecule has 0 heterocycles. The number of carbonyl (C=O) groups is 2. The molecule has 542 valence electrons. The number of phosphoric acid groups is 1. The molecule has 0 rings (SSSR count). The molecule has 0 saturated carbocycles. The van der Waals surface area contributed by atoms with Crippen LogP contribution in [0.5, 0.6) is 0 Å². The number of hydrogen-bond acceptors (Lipinski definition) is 7. The fourth-order valence-corrected chi connectivity index (χ4v) is 13.0. The first-order valence-corrected chi connectivity index (χ1v) is 41.9. The van der Waals surface area contributed by atoms with Gasteiger partial charge in [-0.1, -0.05) is 359 Å². The van der Waals surface area contributed by atoms with Crippen molar-refractivity contribution in [3.8, 4) is 0 Å². The highest BCUT2D eigenvalue weighted by Crippen LogP contribution is 2.38. The second-order valence-electron chi connectivity index (χ2n) is 28.9. The molecule has 0 aliphatic carbocycles. The maximum absolute atomic E-state index is 13.7. The van der Waals surface area contributed by atoms with Crippen molar-refractivity contribution in [2.24, 2.45) is 0 Å². The SMILES string of the molecule is CCCCC/C=C\C/C=C\CCCCCCCCCCCCCCCCCCCC(=O)OC(/C=C/CCCCCCCCCCCC)C(COP(=O)([O-])OCC[N+](C)(C)C)NC(=O)CCCCCCCCCCCCCCCCCCC/C=C/CCCCCCCC. The van der Waals surface area contributed by atoms with Gasteiger partial charge in [-0.25, -0.2) is 0 Å². The molecule has 0 aromatic rings. The average molecular weight is 1310 g/mol. The lowest BCUT2D eigenvalue weighted by Crippen LogP contribution is -2.47. The van der Waals surface area contributed by atoms with E-state index in [0.717, 1.165) is 64.2 Å². The van der Waals surface area contributed by atoms with E-state index in [-0.39, 0.29) is 31.5 Å². The first-order chi connectivity index (χ1) is 44.9. The van der Waals surface area contributed by atoms with Crippen molar-refractivity contribution in [1.82, 2.24) is 5.32 Å². The molecule has 10 heteroatoms. The summed E-state index contributed by atoms with van der Waals surface area (Å²) in [5, 5.41) is 3.06. The van der Waals surface area contributed by atoms with Crippen LogP contribution in [-0.2, 0) is 27.9 Å². The lowest BCUT2D eigenvalue weighted by molar-refractivity contribution is -0.870. The maximum atomic E-state index is 13.7. The molecule has 0 fully saturated rings. The lowest BCUT2D eigenvalue weighted by Gasteiger charge is -2.30. The van der Waals surface area contributed by atoms with Gasteiger partial charge >= 0.3 is 5.97 Å². The summed E-state index contributed by atoms with van der Waals surface area (Å²) in [6, 6.07) is -0.887. The summed E-state index contributed by atoms with van der Waals surface area (Å²) in [6.07, 6.45) is 92.6. The van der Waals surface area contributed by atoms with Gasteiger partial charge in [0.15, 0.2) is 0 Å². The Bertz CT molecular complexity index is 1710. The number of allylic oxidation sites excluding steroid dienone is 7. The van der Waals surface area contributed by atoms with Crippen LogP contribution in [0.4, 0.5) is 0 Å². The van der Waals surface area contributed by atoms with Gasteiger partial charge in [0.1, 0.15) is 19.3 Å². The third-order valence-corrected chi connectivity index (χ3v) is 19.4. The number of nitrogens with zero attached hydrogens (tertiary/aromatic N) is 1. The number of phosphoric ester groups is 1. The minimum atomic E-state index is -4.71. The van der Waals surface area contributed by atoms with Gasteiger partial charge in [0.2, 0.25) is 5.91 Å². The van der Waals surface area contributed by atoms with Gasteiger partial charge in [0, 0.05) is 12.8 Å². The lowest BCUT2D eigenvalue weighted by atomic mass is 10.0. The first-order valence-electron chi connectivity index (χ1n) is 40.4. The van der Waals surface area contributed by atoms with Crippen LogP contribution >= 0.6 is 7.82 Å². The number of ether oxygens (including phenoxy) is 1. The van der Waals surface area contributed by atoms with Crippen LogP contribution in [0.1, 0.15) is 412 Å². The van der Waals surface area contributed by atoms with Crippen molar-refractivity contribution >= 4 is 19.7 Å². The van der Waals surface area contributed by atoms with Crippen molar-refractivity contribution in [2.45, 2.75) is 425 Å². The van der Waals surface area contributed by atoms with Crippen molar-refractivity contribution in [1.29, 1.82) is 0 Å². The first kappa shape index (κ1) is 90.0. The zero-order chi connectivity index (χ0) is 67.0. The van der Waals surface area contributed by atoms with Crippen LogP contribution in [-0.4, -0.2) is 69.4 Å². The third-order valence-electron chi connectivity index (χ3n) is 18.5. The van der Waals surface area contributed by atoms with Gasteiger partial charge in [-0.2, -0.15) is 0 Å². The van der Waals surface area contributed by atoms with E-state index < -0.39 is 20.0 Å². The molecule has 0 aliphatic rings. The van der Waals surface area contributed by atoms with E-state index in [1.165, 1.54) is 315 Å². The number of amides is 1. The molecule has 0 radical (unpaired) electrons. The number of carbonyl (C=O) groups excluding carboxylic acids is 2. The minimum Gasteiger partial charge on any atom is -0.756 e. The molecule has 92 heavy (non-hydrogen) atoms. The molecule has 3 unspecified atom stereocenters. The summed E-state index contributed by atoms with van der Waals surface area (Å²) < 4.78 is 30.6. The average Bonchev–Trinajstić information content (AvgIpc) is 3.72. The molecule has 9 nitrogen and oxygen atoms in total. The molecule has 0 aliphatic heterocycles. The number of esters is 1. The molecule has 0 aromatic carbocycles. The van der Waals surface area contributed by atoms with Crippen LogP contribution in [0.15, 0.2) is 48.6 Å². The standard InChI is InChI=1S/C82H157N2O7P/c1-7-10-13-16-19-22-25-28-30-32-34-36-38-40-42-44-46-48-50-52-54-56-59-62-65-68-71-74-81(85)83-79(78-90-92(87,88)89-77-76-84(4,5)6)80(73-70-67-64-61-58-27-24-21-18-15-12-9-3)91-82(86)75-72-69-66-63-60-57-55-53-51-49-47-45-43-41-39-37-35-33-31-29-26-23-20-17-14-11-8-2/h20,23,28-31,70,73,79-80H,7-19,21-22,24-27,32-69,71-72,74-78H2,1-6H3,(H-,83,85,87,88)/b23-20-,30-28+,31-29-,73-70+. The van der Waals surface area contributed by atoms with E-state index in [0.29, 0.717) is 17.4 Å². The van der Waals surface area contributed by atoms with Crippen LogP contribution in [0, 0.1) is 0 Å². The molecular formula is C82H157N2O7P. The number of likely N-dealkylation sites (N-methyl/N-ethyl adjacent to an activating group) is 1. The van der Waals surface area contributed by atoms with Gasteiger partial charge < -0.3 is 28.5 Å². The molecule has 1 amide bonds. The van der Waals surface area contributed by atoms with E-state index in [1.54, 1.807) is 0 Å². The Balaban J connectivity index is 4.87. The number of nitrogens with one attached hydrogen (secondary N) is 1. The van der Waals surface area contributed by atoms with E-state index in [2.05, 4.69) is 62.5 Å². The van der Waals surface area contributed by atoms with Crippen LogP contribution < -0.4 is 10.2 Å².